The van der Waals surface area contributed by atoms with Crippen molar-refractivity contribution in [1.29, 1.82) is 0 Å². The second kappa shape index (κ2) is 9.95. The van der Waals surface area contributed by atoms with Gasteiger partial charge in [-0.2, -0.15) is 5.10 Å². The van der Waals surface area contributed by atoms with E-state index >= 15 is 0 Å². The molecule has 8 nitrogen and oxygen atoms in total. The molecule has 0 fully saturated rings. The molecule has 1 amide bonds. The van der Waals surface area contributed by atoms with E-state index in [1.807, 2.05) is 48.5 Å². The van der Waals surface area contributed by atoms with Crippen LogP contribution in [0.1, 0.15) is 28.6 Å². The number of aromatic nitrogens is 2. The van der Waals surface area contributed by atoms with Gasteiger partial charge in [-0.3, -0.25) is 4.68 Å². The van der Waals surface area contributed by atoms with E-state index in [9.17, 15) is 9.90 Å². The fourth-order valence-electron chi connectivity index (χ4n) is 3.89. The van der Waals surface area contributed by atoms with Crippen LogP contribution in [0, 0.1) is 0 Å². The Balaban J connectivity index is 1.27. The zero-order chi connectivity index (χ0) is 22.5. The third kappa shape index (κ3) is 4.52. The number of amides is 1. The summed E-state index contributed by atoms with van der Waals surface area (Å²) < 4.78 is 13.1. The summed E-state index contributed by atoms with van der Waals surface area (Å²) in [6, 6.07) is 17.6. The van der Waals surface area contributed by atoms with Crippen LogP contribution in [0.5, 0.6) is 0 Å². The first-order valence-electron chi connectivity index (χ1n) is 10.6. The van der Waals surface area contributed by atoms with Crippen LogP contribution < -0.4 is 0 Å². The number of aliphatic hydroxyl groups excluding tert-OH is 2. The van der Waals surface area contributed by atoms with Crippen molar-refractivity contribution in [2.24, 2.45) is 0 Å². The summed E-state index contributed by atoms with van der Waals surface area (Å²) in [7, 11) is 1.68. The van der Waals surface area contributed by atoms with Crippen LogP contribution in [0.2, 0.25) is 0 Å². The average Bonchev–Trinajstić information content (AvgIpc) is 3.38. The fourth-order valence-corrected chi connectivity index (χ4v) is 3.89. The molecule has 0 saturated heterocycles. The van der Waals surface area contributed by atoms with E-state index in [1.165, 1.54) is 4.90 Å². The molecule has 168 valence electrons. The van der Waals surface area contributed by atoms with Gasteiger partial charge in [0.15, 0.2) is 6.10 Å². The molecule has 0 atom stereocenters. The van der Waals surface area contributed by atoms with Crippen LogP contribution in [0.3, 0.4) is 0 Å². The van der Waals surface area contributed by atoms with Crippen molar-refractivity contribution in [3.8, 4) is 11.1 Å². The Kier molecular flexibility index (Phi) is 6.84. The van der Waals surface area contributed by atoms with Crippen LogP contribution in [0.15, 0.2) is 54.6 Å². The fraction of sp³-hybridized carbons (Fsp3) is 0.333. The molecule has 2 aromatic carbocycles. The van der Waals surface area contributed by atoms with Crippen LogP contribution in [0.4, 0.5) is 4.79 Å². The molecule has 1 aliphatic rings. The summed E-state index contributed by atoms with van der Waals surface area (Å²) >= 11 is 0. The van der Waals surface area contributed by atoms with Gasteiger partial charge in [-0.15, -0.1) is 0 Å². The van der Waals surface area contributed by atoms with Gasteiger partial charge in [0.05, 0.1) is 44.4 Å². The van der Waals surface area contributed by atoms with Crippen LogP contribution in [-0.4, -0.2) is 57.8 Å². The monoisotopic (exact) mass is 437 g/mol. The maximum absolute atomic E-state index is 12.7. The molecule has 0 unspecified atom stereocenters. The van der Waals surface area contributed by atoms with Crippen molar-refractivity contribution < 1.29 is 24.5 Å². The summed E-state index contributed by atoms with van der Waals surface area (Å²) in [5, 5.41) is 22.7. The third-order valence-electron chi connectivity index (χ3n) is 5.56. The number of ether oxygens (including phenoxy) is 2. The molecule has 1 heterocycles. The number of hydrogen-bond acceptors (Lipinski definition) is 6. The Hall–Kier alpha value is -3.20. The number of carbonyl (C=O) groups excluding carboxylic acids is 1. The van der Waals surface area contributed by atoms with E-state index in [2.05, 4.69) is 5.10 Å². The molecular weight excluding hydrogens is 410 g/mol. The van der Waals surface area contributed by atoms with Gasteiger partial charge >= 0.3 is 6.09 Å². The van der Waals surface area contributed by atoms with E-state index in [-0.39, 0.29) is 13.2 Å². The standard InChI is InChI=1S/C24H27N3O5/c1-26(10-12-31-13-11-27-18(16-29)14-17(15-28)25-27)24(30)32-23-21-8-4-2-6-19(21)20-7-3-5-9-22(20)23/h2-9,14,23,28-29H,10-13,15-16H2,1H3. The van der Waals surface area contributed by atoms with Gasteiger partial charge in [-0.1, -0.05) is 48.5 Å². The largest absolute Gasteiger partial charge is 0.436 e. The third-order valence-corrected chi connectivity index (χ3v) is 5.56. The predicted molar refractivity (Wildman–Crippen MR) is 118 cm³/mol. The highest BCUT2D eigenvalue weighted by Gasteiger charge is 2.31. The number of nitrogens with zero attached hydrogens (tertiary/aromatic N) is 3. The molecule has 0 bridgehead atoms. The summed E-state index contributed by atoms with van der Waals surface area (Å²) in [4.78, 5) is 14.2. The minimum atomic E-state index is -0.421. The van der Waals surface area contributed by atoms with Gasteiger partial charge in [0.2, 0.25) is 0 Å². The molecule has 0 aliphatic heterocycles. The van der Waals surface area contributed by atoms with Crippen LogP contribution in [-0.2, 0) is 29.2 Å². The number of rotatable bonds is 9. The van der Waals surface area contributed by atoms with Crippen LogP contribution in [0.25, 0.3) is 11.1 Å². The van der Waals surface area contributed by atoms with Crippen molar-refractivity contribution in [2.45, 2.75) is 25.9 Å². The highest BCUT2D eigenvalue weighted by Crippen LogP contribution is 2.45. The zero-order valence-corrected chi connectivity index (χ0v) is 18.0. The second-order valence-corrected chi connectivity index (χ2v) is 7.64. The van der Waals surface area contributed by atoms with Gasteiger partial charge in [-0.05, 0) is 17.2 Å². The minimum absolute atomic E-state index is 0.158. The first kappa shape index (κ1) is 22.0. The van der Waals surface area contributed by atoms with Crippen molar-refractivity contribution >= 4 is 6.09 Å². The van der Waals surface area contributed by atoms with E-state index in [1.54, 1.807) is 17.8 Å². The SMILES string of the molecule is CN(CCOCCn1nc(CO)cc1CO)C(=O)OC1c2ccccc2-c2ccccc21. The molecule has 2 N–H and O–H groups in total. The molecule has 32 heavy (non-hydrogen) atoms. The highest BCUT2D eigenvalue weighted by molar-refractivity contribution is 5.79. The van der Waals surface area contributed by atoms with Gasteiger partial charge < -0.3 is 24.6 Å². The maximum Gasteiger partial charge on any atom is 0.410 e. The lowest BCUT2D eigenvalue weighted by atomic mass is 10.1. The lowest BCUT2D eigenvalue weighted by Gasteiger charge is -2.21. The van der Waals surface area contributed by atoms with Crippen molar-refractivity contribution in [1.82, 2.24) is 14.7 Å². The van der Waals surface area contributed by atoms with E-state index < -0.39 is 12.2 Å². The molecule has 4 rings (SSSR count). The normalized spacial score (nSPS) is 12.5. The van der Waals surface area contributed by atoms with E-state index in [0.29, 0.717) is 37.7 Å². The predicted octanol–water partition coefficient (Wildman–Crippen LogP) is 2.72. The molecular formula is C24H27N3O5. The number of likely N-dealkylation sites (N-methyl/N-ethyl adjacent to an activating group) is 1. The molecule has 0 radical (unpaired) electrons. The number of aliphatic hydroxyl groups is 2. The van der Waals surface area contributed by atoms with Gasteiger partial charge in [0.25, 0.3) is 0 Å². The summed E-state index contributed by atoms with van der Waals surface area (Å²) in [5.74, 6) is 0. The first-order valence-corrected chi connectivity index (χ1v) is 10.6. The smallest absolute Gasteiger partial charge is 0.410 e. The second-order valence-electron chi connectivity index (χ2n) is 7.64. The Labute approximate surface area is 186 Å². The van der Waals surface area contributed by atoms with Crippen LogP contribution >= 0.6 is 0 Å². The molecule has 1 aliphatic carbocycles. The minimum Gasteiger partial charge on any atom is -0.436 e. The summed E-state index contributed by atoms with van der Waals surface area (Å²) in [6.45, 7) is 1.19. The van der Waals surface area contributed by atoms with Gasteiger partial charge in [-0.25, -0.2) is 4.79 Å². The first-order chi connectivity index (χ1) is 15.6. The summed E-state index contributed by atoms with van der Waals surface area (Å²) in [6.07, 6.45) is -0.831. The van der Waals surface area contributed by atoms with Crippen molar-refractivity contribution in [3.05, 3.63) is 77.1 Å². The lowest BCUT2D eigenvalue weighted by molar-refractivity contribution is 0.0658. The Bertz CT molecular complexity index is 1040. The lowest BCUT2D eigenvalue weighted by Crippen LogP contribution is -2.32. The van der Waals surface area contributed by atoms with E-state index in [4.69, 9.17) is 14.6 Å². The summed E-state index contributed by atoms with van der Waals surface area (Å²) in [5.41, 5.74) is 5.30. The number of benzene rings is 2. The van der Waals surface area contributed by atoms with Gasteiger partial charge in [0.1, 0.15) is 0 Å². The van der Waals surface area contributed by atoms with Gasteiger partial charge in [0, 0.05) is 24.7 Å². The molecule has 3 aromatic rings. The number of hydrogen-bond donors (Lipinski definition) is 2. The average molecular weight is 437 g/mol. The molecule has 1 aromatic heterocycles. The number of carbonyl (C=O) groups is 1. The highest BCUT2D eigenvalue weighted by atomic mass is 16.6. The van der Waals surface area contributed by atoms with Crippen molar-refractivity contribution in [2.75, 3.05) is 26.8 Å². The molecule has 0 saturated carbocycles. The van der Waals surface area contributed by atoms with E-state index in [0.717, 1.165) is 22.3 Å². The maximum atomic E-state index is 12.7. The molecule has 0 spiro atoms. The molecule has 8 heteroatoms. The Morgan fingerprint density at radius 3 is 2.31 bits per heavy atom. The number of fused-ring (bicyclic) bond motifs is 3. The topological polar surface area (TPSA) is 97.0 Å². The Morgan fingerprint density at radius 2 is 1.69 bits per heavy atom. The zero-order valence-electron chi connectivity index (χ0n) is 18.0. The quantitative estimate of drug-likeness (QED) is 0.500. The van der Waals surface area contributed by atoms with Crippen molar-refractivity contribution in [3.63, 3.8) is 0 Å². The Morgan fingerprint density at radius 1 is 1.03 bits per heavy atom.